The van der Waals surface area contributed by atoms with Crippen molar-refractivity contribution in [3.63, 3.8) is 0 Å². The van der Waals surface area contributed by atoms with Crippen molar-refractivity contribution < 1.29 is 23.7 Å². The van der Waals surface area contributed by atoms with Crippen LogP contribution in [-0.2, 0) is 38.5 Å². The van der Waals surface area contributed by atoms with Gasteiger partial charge in [0.25, 0.3) is 0 Å². The molecule has 50 heavy (non-hydrogen) atoms. The first-order chi connectivity index (χ1) is 24.5. The van der Waals surface area contributed by atoms with E-state index in [2.05, 4.69) is 78.9 Å². The Labute approximate surface area is 296 Å². The third kappa shape index (κ3) is 9.93. The summed E-state index contributed by atoms with van der Waals surface area (Å²) in [6, 6.07) is 47.6. The molecule has 0 saturated heterocycles. The van der Waals surface area contributed by atoms with Crippen LogP contribution in [0.2, 0.25) is 0 Å². The van der Waals surface area contributed by atoms with Crippen LogP contribution in [0.4, 0.5) is 0 Å². The minimum atomic E-state index is 0.764. The van der Waals surface area contributed by atoms with Crippen LogP contribution in [0.1, 0.15) is 33.4 Å². The summed E-state index contributed by atoms with van der Waals surface area (Å²) in [5.74, 6) is 5.79. The predicted octanol–water partition coefficient (Wildman–Crippen LogP) is 10.7. The molecule has 6 aromatic carbocycles. The lowest BCUT2D eigenvalue weighted by Crippen LogP contribution is -1.95. The van der Waals surface area contributed by atoms with Gasteiger partial charge in [0, 0.05) is 6.07 Å². The Morgan fingerprint density at radius 3 is 1.12 bits per heavy atom. The molecular weight excluding hydrogens is 620 g/mol. The zero-order valence-corrected chi connectivity index (χ0v) is 29.1. The smallest absolute Gasteiger partial charge is 0.131 e. The molecule has 0 atom stereocenters. The molecule has 6 aromatic rings. The zero-order chi connectivity index (χ0) is 34.5. The minimum absolute atomic E-state index is 0.764. The average molecular weight is 665 g/mol. The number of rotatable bonds is 16. The van der Waals surface area contributed by atoms with Gasteiger partial charge in [-0.15, -0.1) is 0 Å². The number of hydrogen-bond donors (Lipinski definition) is 0. The first-order valence-corrected chi connectivity index (χ1v) is 17.1. The summed E-state index contributed by atoms with van der Waals surface area (Å²) < 4.78 is 28.8. The molecule has 5 heteroatoms. The average Bonchev–Trinajstić information content (AvgIpc) is 3.17. The second-order valence-electron chi connectivity index (χ2n) is 12.4. The zero-order valence-electron chi connectivity index (χ0n) is 29.1. The number of aryl methyl sites for hydroxylation is 6. The van der Waals surface area contributed by atoms with Crippen molar-refractivity contribution >= 4 is 0 Å². The number of ether oxygens (including phenoxy) is 5. The lowest BCUT2D eigenvalue weighted by molar-refractivity contribution is 0.408. The van der Waals surface area contributed by atoms with Gasteiger partial charge in [0.05, 0.1) is 21.3 Å². The molecule has 0 heterocycles. The molecule has 0 aliphatic heterocycles. The Balaban J connectivity index is 0.986. The lowest BCUT2D eigenvalue weighted by atomic mass is 10.0. The van der Waals surface area contributed by atoms with Crippen LogP contribution in [0.5, 0.6) is 40.2 Å². The molecule has 254 valence electrons. The number of benzene rings is 6. The molecule has 0 radical (unpaired) electrons. The highest BCUT2D eigenvalue weighted by atomic mass is 16.5. The van der Waals surface area contributed by atoms with Gasteiger partial charge in [0.15, 0.2) is 0 Å². The number of methoxy groups -OCH3 is 3. The van der Waals surface area contributed by atoms with E-state index < -0.39 is 0 Å². The van der Waals surface area contributed by atoms with Crippen molar-refractivity contribution in [2.45, 2.75) is 38.5 Å². The maximum Gasteiger partial charge on any atom is 0.131 e. The highest BCUT2D eigenvalue weighted by Gasteiger charge is 2.07. The van der Waals surface area contributed by atoms with Crippen LogP contribution in [-0.4, -0.2) is 21.3 Å². The van der Waals surface area contributed by atoms with Gasteiger partial charge in [0.2, 0.25) is 0 Å². The SMILES string of the molecule is COc1cccc(CCc2cccc(Oc3ccc(CCc4ccc(Oc5cc(CCc6cccc(OC)c6)cc(OC)c5)cc4)cc3)c2)c1. The van der Waals surface area contributed by atoms with E-state index in [0.29, 0.717) is 0 Å². The van der Waals surface area contributed by atoms with Crippen molar-refractivity contribution in [1.82, 2.24) is 0 Å². The maximum absolute atomic E-state index is 6.26. The maximum atomic E-state index is 6.26. The first-order valence-electron chi connectivity index (χ1n) is 17.1. The molecular formula is C45H44O5. The van der Waals surface area contributed by atoms with Crippen LogP contribution >= 0.6 is 0 Å². The van der Waals surface area contributed by atoms with Crippen LogP contribution in [0.25, 0.3) is 0 Å². The van der Waals surface area contributed by atoms with E-state index in [-0.39, 0.29) is 0 Å². The van der Waals surface area contributed by atoms with E-state index >= 15 is 0 Å². The van der Waals surface area contributed by atoms with Gasteiger partial charge in [-0.25, -0.2) is 0 Å². The summed E-state index contributed by atoms with van der Waals surface area (Å²) in [7, 11) is 5.08. The number of hydrogen-bond acceptors (Lipinski definition) is 5. The molecule has 0 aliphatic carbocycles. The van der Waals surface area contributed by atoms with Crippen molar-refractivity contribution in [3.05, 3.63) is 173 Å². The summed E-state index contributed by atoms with van der Waals surface area (Å²) in [6.45, 7) is 0. The van der Waals surface area contributed by atoms with Gasteiger partial charge in [-0.1, -0.05) is 60.7 Å². The molecule has 0 bridgehead atoms. The normalized spacial score (nSPS) is 10.8. The molecule has 0 spiro atoms. The highest BCUT2D eigenvalue weighted by molar-refractivity contribution is 5.42. The predicted molar refractivity (Wildman–Crippen MR) is 201 cm³/mol. The van der Waals surface area contributed by atoms with Gasteiger partial charge in [-0.3, -0.25) is 0 Å². The third-order valence-electron chi connectivity index (χ3n) is 8.77. The van der Waals surface area contributed by atoms with E-state index in [1.165, 1.54) is 27.8 Å². The van der Waals surface area contributed by atoms with E-state index in [4.69, 9.17) is 23.7 Å². The van der Waals surface area contributed by atoms with Gasteiger partial charge in [-0.2, -0.15) is 0 Å². The molecule has 5 nitrogen and oxygen atoms in total. The van der Waals surface area contributed by atoms with Crippen molar-refractivity contribution in [2.75, 3.05) is 21.3 Å². The monoisotopic (exact) mass is 664 g/mol. The molecule has 0 aliphatic rings. The summed E-state index contributed by atoms with van der Waals surface area (Å²) in [5, 5.41) is 0. The minimum Gasteiger partial charge on any atom is -0.497 e. The van der Waals surface area contributed by atoms with Crippen LogP contribution in [0.15, 0.2) is 140 Å². The van der Waals surface area contributed by atoms with Crippen LogP contribution in [0, 0.1) is 0 Å². The van der Waals surface area contributed by atoms with Crippen molar-refractivity contribution in [3.8, 4) is 40.2 Å². The Bertz CT molecular complexity index is 1960. The van der Waals surface area contributed by atoms with E-state index in [1.54, 1.807) is 21.3 Å². The molecule has 0 N–H and O–H groups in total. The quantitative estimate of drug-likeness (QED) is 0.103. The fourth-order valence-electron chi connectivity index (χ4n) is 5.96. The molecule has 0 amide bonds. The Hall–Kier alpha value is -5.68. The highest BCUT2D eigenvalue weighted by Crippen LogP contribution is 2.29. The van der Waals surface area contributed by atoms with Gasteiger partial charge < -0.3 is 23.7 Å². The second-order valence-corrected chi connectivity index (χ2v) is 12.4. The first kappa shape index (κ1) is 34.2. The van der Waals surface area contributed by atoms with Gasteiger partial charge in [0.1, 0.15) is 40.2 Å². The third-order valence-corrected chi connectivity index (χ3v) is 8.77. The van der Waals surface area contributed by atoms with E-state index in [0.717, 1.165) is 84.3 Å². The Morgan fingerprint density at radius 1 is 0.280 bits per heavy atom. The Kier molecular flexibility index (Phi) is 11.7. The standard InChI is InChI=1S/C45H44O5/c1-46-41-10-4-7-35(27-41)15-16-37-9-6-12-43(29-37)49-39-23-19-33(20-24-39)13-14-34-21-25-40(26-22-34)50-45-31-38(30-44(32-45)48-3)18-17-36-8-5-11-42(28-36)47-2/h4-12,19-32H,13-18H2,1-3H3. The van der Waals surface area contributed by atoms with Crippen LogP contribution in [0.3, 0.4) is 0 Å². The summed E-state index contributed by atoms with van der Waals surface area (Å²) in [4.78, 5) is 0. The summed E-state index contributed by atoms with van der Waals surface area (Å²) in [6.07, 6.45) is 5.52. The molecule has 0 fully saturated rings. The fraction of sp³-hybridized carbons (Fsp3) is 0.200. The largest absolute Gasteiger partial charge is 0.497 e. The van der Waals surface area contributed by atoms with Crippen molar-refractivity contribution in [1.29, 1.82) is 0 Å². The molecule has 0 aromatic heterocycles. The molecule has 0 saturated carbocycles. The molecule has 0 unspecified atom stereocenters. The summed E-state index contributed by atoms with van der Waals surface area (Å²) in [5.41, 5.74) is 7.41. The Morgan fingerprint density at radius 2 is 0.640 bits per heavy atom. The van der Waals surface area contributed by atoms with Crippen molar-refractivity contribution in [2.24, 2.45) is 0 Å². The molecule has 6 rings (SSSR count). The fourth-order valence-corrected chi connectivity index (χ4v) is 5.96. The summed E-state index contributed by atoms with van der Waals surface area (Å²) >= 11 is 0. The van der Waals surface area contributed by atoms with Gasteiger partial charge >= 0.3 is 0 Å². The topological polar surface area (TPSA) is 46.2 Å². The van der Waals surface area contributed by atoms with Crippen LogP contribution < -0.4 is 23.7 Å². The van der Waals surface area contributed by atoms with E-state index in [9.17, 15) is 0 Å². The lowest BCUT2D eigenvalue weighted by Gasteiger charge is -2.12. The van der Waals surface area contributed by atoms with Gasteiger partial charge in [-0.05, 0) is 145 Å². The second kappa shape index (κ2) is 17.1. The van der Waals surface area contributed by atoms with E-state index in [1.807, 2.05) is 60.7 Å².